The van der Waals surface area contributed by atoms with Gasteiger partial charge in [0.25, 0.3) is 0 Å². The van der Waals surface area contributed by atoms with Crippen LogP contribution in [0.15, 0.2) is 35.5 Å². The van der Waals surface area contributed by atoms with Crippen molar-refractivity contribution < 1.29 is 14.4 Å². The minimum absolute atomic E-state index is 0.362. The van der Waals surface area contributed by atoms with E-state index in [1.54, 1.807) is 17.0 Å². The van der Waals surface area contributed by atoms with Crippen molar-refractivity contribution in [1.82, 2.24) is 24.3 Å². The number of carbonyl (C=O) groups is 1. The number of ether oxygens (including phenoxy) is 1. The molecule has 0 aliphatic carbocycles. The van der Waals surface area contributed by atoms with Crippen molar-refractivity contribution in [1.29, 1.82) is 0 Å². The van der Waals surface area contributed by atoms with E-state index in [2.05, 4.69) is 24.6 Å². The quantitative estimate of drug-likeness (QED) is 0.583. The Hall–Kier alpha value is -2.18. The molecule has 152 valence electrons. The summed E-state index contributed by atoms with van der Waals surface area (Å²) in [4.78, 5) is 31.7. The second kappa shape index (κ2) is 9.09. The number of hydroxylamine groups is 2. The average Bonchev–Trinajstić information content (AvgIpc) is 3.11. The van der Waals surface area contributed by atoms with Crippen LogP contribution in [0.4, 0.5) is 9.93 Å². The number of thiazole rings is 1. The monoisotopic (exact) mass is 452 g/mol. The number of carbonyl (C=O) groups excluding carboxylic acids is 1. The zero-order chi connectivity index (χ0) is 20.2. The van der Waals surface area contributed by atoms with Crippen LogP contribution in [0.5, 0.6) is 5.88 Å². The van der Waals surface area contributed by atoms with E-state index in [-0.39, 0.29) is 0 Å². The predicted molar refractivity (Wildman–Crippen MR) is 112 cm³/mol. The molecule has 12 heteroatoms. The number of hydrogen-bond acceptors (Lipinski definition) is 10. The summed E-state index contributed by atoms with van der Waals surface area (Å²) in [5.74, 6) is 0.362. The van der Waals surface area contributed by atoms with Gasteiger partial charge in [-0.3, -0.25) is 5.32 Å². The number of benzene rings is 1. The molecule has 1 saturated heterocycles. The first-order valence-electron chi connectivity index (χ1n) is 8.68. The van der Waals surface area contributed by atoms with Crippen molar-refractivity contribution >= 4 is 56.5 Å². The van der Waals surface area contributed by atoms with E-state index in [1.165, 1.54) is 24.8 Å². The van der Waals surface area contributed by atoms with Gasteiger partial charge in [-0.2, -0.15) is 4.98 Å². The van der Waals surface area contributed by atoms with Crippen LogP contribution >= 0.6 is 34.9 Å². The summed E-state index contributed by atoms with van der Waals surface area (Å²) in [7, 11) is 1.51. The molecular formula is C17H17ClN6O3S2. The normalized spacial score (nSPS) is 15.4. The fourth-order valence-electron chi connectivity index (χ4n) is 2.69. The summed E-state index contributed by atoms with van der Waals surface area (Å²) in [6, 6.07) is 7.73. The summed E-state index contributed by atoms with van der Waals surface area (Å²) in [5.41, 5.74) is 0.502. The van der Waals surface area contributed by atoms with Gasteiger partial charge < -0.3 is 9.57 Å². The fraction of sp³-hybridized carbons (Fsp3) is 0.294. The lowest BCUT2D eigenvalue weighted by atomic mass is 10.4. The SMILES string of the molecule is COc1ncnc2sc(NC(=O)ON3CCN(Sc4cccc(Cl)c4)CC3)nc12. The van der Waals surface area contributed by atoms with Crippen molar-refractivity contribution in [2.24, 2.45) is 0 Å². The Balaban J connectivity index is 1.28. The van der Waals surface area contributed by atoms with Crippen LogP contribution < -0.4 is 10.1 Å². The lowest BCUT2D eigenvalue weighted by molar-refractivity contribution is -0.108. The van der Waals surface area contributed by atoms with Gasteiger partial charge in [0.05, 0.1) is 7.11 Å². The van der Waals surface area contributed by atoms with Crippen LogP contribution in [0.2, 0.25) is 5.02 Å². The summed E-state index contributed by atoms with van der Waals surface area (Å²) < 4.78 is 7.36. The number of methoxy groups -OCH3 is 1. The molecule has 0 atom stereocenters. The molecule has 4 rings (SSSR count). The molecule has 1 N–H and O–H groups in total. The Labute approximate surface area is 180 Å². The summed E-state index contributed by atoms with van der Waals surface area (Å²) in [6.07, 6.45) is 0.800. The minimum atomic E-state index is -0.591. The molecule has 0 unspecified atom stereocenters. The third kappa shape index (κ3) is 5.06. The first-order chi connectivity index (χ1) is 14.1. The third-order valence-corrected chi connectivity index (χ3v) is 6.21. The number of piperazine rings is 1. The van der Waals surface area contributed by atoms with Crippen molar-refractivity contribution in [2.45, 2.75) is 4.90 Å². The molecule has 1 aromatic carbocycles. The van der Waals surface area contributed by atoms with Gasteiger partial charge in [-0.15, -0.1) is 5.06 Å². The summed E-state index contributed by atoms with van der Waals surface area (Å²) >= 11 is 8.90. The highest BCUT2D eigenvalue weighted by Gasteiger charge is 2.22. The average molecular weight is 453 g/mol. The number of anilines is 1. The van der Waals surface area contributed by atoms with Gasteiger partial charge in [0, 0.05) is 36.1 Å². The number of halogens is 1. The molecule has 1 fully saturated rings. The van der Waals surface area contributed by atoms with E-state index in [4.69, 9.17) is 21.2 Å². The zero-order valence-corrected chi connectivity index (χ0v) is 17.8. The van der Waals surface area contributed by atoms with Crippen LogP contribution in [-0.2, 0) is 4.84 Å². The van der Waals surface area contributed by atoms with Crippen molar-refractivity contribution in [3.05, 3.63) is 35.6 Å². The molecule has 3 heterocycles. The maximum atomic E-state index is 12.2. The van der Waals surface area contributed by atoms with Crippen LogP contribution in [-0.4, -0.2) is 63.7 Å². The molecule has 1 aliphatic heterocycles. The first-order valence-corrected chi connectivity index (χ1v) is 10.7. The molecule has 0 saturated carbocycles. The molecule has 9 nitrogen and oxygen atoms in total. The van der Waals surface area contributed by atoms with E-state index in [0.717, 1.165) is 18.0 Å². The number of fused-ring (bicyclic) bond motifs is 1. The molecule has 1 aliphatic rings. The Kier molecular flexibility index (Phi) is 6.31. The molecule has 1 amide bonds. The van der Waals surface area contributed by atoms with Crippen molar-refractivity contribution in [2.75, 3.05) is 38.6 Å². The highest BCUT2D eigenvalue weighted by atomic mass is 35.5. The van der Waals surface area contributed by atoms with E-state index in [9.17, 15) is 4.79 Å². The van der Waals surface area contributed by atoms with Gasteiger partial charge in [-0.05, 0) is 30.1 Å². The summed E-state index contributed by atoms with van der Waals surface area (Å²) in [6.45, 7) is 2.69. The molecule has 0 bridgehead atoms. The number of rotatable bonds is 5. The van der Waals surface area contributed by atoms with Crippen LogP contribution in [0.3, 0.4) is 0 Å². The maximum absolute atomic E-state index is 12.2. The number of amides is 1. The number of nitrogens with one attached hydrogen (secondary N) is 1. The fourth-order valence-corrected chi connectivity index (χ4v) is 4.69. The smallest absolute Gasteiger partial charge is 0.432 e. The van der Waals surface area contributed by atoms with Gasteiger partial charge in [-0.25, -0.2) is 19.1 Å². The maximum Gasteiger partial charge on any atom is 0.432 e. The highest BCUT2D eigenvalue weighted by Crippen LogP contribution is 2.29. The topological polar surface area (TPSA) is 92.7 Å². The van der Waals surface area contributed by atoms with E-state index in [1.807, 2.05) is 24.3 Å². The largest absolute Gasteiger partial charge is 0.479 e. The molecule has 0 spiro atoms. The van der Waals surface area contributed by atoms with Gasteiger partial charge in [0.15, 0.2) is 15.5 Å². The summed E-state index contributed by atoms with van der Waals surface area (Å²) in [5, 5.41) is 5.36. The molecule has 0 radical (unpaired) electrons. The van der Waals surface area contributed by atoms with Crippen molar-refractivity contribution in [3.8, 4) is 5.88 Å². The van der Waals surface area contributed by atoms with Gasteiger partial charge >= 0.3 is 6.09 Å². The third-order valence-electron chi connectivity index (χ3n) is 4.00. The molecule has 2 aromatic heterocycles. The van der Waals surface area contributed by atoms with Crippen LogP contribution in [0.25, 0.3) is 10.3 Å². The lowest BCUT2D eigenvalue weighted by Gasteiger charge is -2.32. The van der Waals surface area contributed by atoms with Crippen LogP contribution in [0, 0.1) is 0 Å². The second-order valence-electron chi connectivity index (χ2n) is 5.97. The Morgan fingerprint density at radius 3 is 2.86 bits per heavy atom. The molecule has 3 aromatic rings. The standard InChI is InChI=1S/C17H17ClN6O3S2/c1-26-14-13-15(20-10-19-14)28-16(21-13)22-17(25)27-23-5-7-24(8-6-23)29-12-4-2-3-11(18)9-12/h2-4,9-10H,5-8H2,1H3,(H,21,22,25). The van der Waals surface area contributed by atoms with Gasteiger partial charge in [-0.1, -0.05) is 29.0 Å². The lowest BCUT2D eigenvalue weighted by Crippen LogP contribution is -2.44. The number of aromatic nitrogens is 3. The second-order valence-corrected chi connectivity index (χ2v) is 8.55. The Bertz CT molecular complexity index is 1010. The number of nitrogens with zero attached hydrogens (tertiary/aromatic N) is 5. The van der Waals surface area contributed by atoms with E-state index in [0.29, 0.717) is 39.5 Å². The Morgan fingerprint density at radius 1 is 1.28 bits per heavy atom. The highest BCUT2D eigenvalue weighted by molar-refractivity contribution is 7.97. The Morgan fingerprint density at radius 2 is 2.10 bits per heavy atom. The van der Waals surface area contributed by atoms with Crippen LogP contribution in [0.1, 0.15) is 0 Å². The minimum Gasteiger partial charge on any atom is -0.479 e. The van der Waals surface area contributed by atoms with E-state index >= 15 is 0 Å². The van der Waals surface area contributed by atoms with E-state index < -0.39 is 6.09 Å². The van der Waals surface area contributed by atoms with Gasteiger partial charge in [0.2, 0.25) is 5.88 Å². The number of hydrogen-bond donors (Lipinski definition) is 1. The van der Waals surface area contributed by atoms with Crippen molar-refractivity contribution in [3.63, 3.8) is 0 Å². The zero-order valence-electron chi connectivity index (χ0n) is 15.4. The molecular weight excluding hydrogens is 436 g/mol. The first kappa shape index (κ1) is 20.1. The molecule has 29 heavy (non-hydrogen) atoms. The van der Waals surface area contributed by atoms with Gasteiger partial charge in [0.1, 0.15) is 6.33 Å². The predicted octanol–water partition coefficient (Wildman–Crippen LogP) is 3.54.